The highest BCUT2D eigenvalue weighted by molar-refractivity contribution is 5.92. The van der Waals surface area contributed by atoms with E-state index in [2.05, 4.69) is 11.4 Å². The van der Waals surface area contributed by atoms with Crippen LogP contribution in [0.2, 0.25) is 0 Å². The number of hydrogen-bond donors (Lipinski definition) is 1. The molecule has 6 nitrogen and oxygen atoms in total. The first-order valence-corrected chi connectivity index (χ1v) is 9.28. The third-order valence-corrected chi connectivity index (χ3v) is 5.10. The quantitative estimate of drug-likeness (QED) is 0.745. The van der Waals surface area contributed by atoms with Gasteiger partial charge in [-0.05, 0) is 38.3 Å². The zero-order valence-corrected chi connectivity index (χ0v) is 17.1. The van der Waals surface area contributed by atoms with Gasteiger partial charge in [0.05, 0.1) is 11.6 Å². The van der Waals surface area contributed by atoms with Crippen molar-refractivity contribution in [3.05, 3.63) is 58.9 Å². The van der Waals surface area contributed by atoms with Gasteiger partial charge in [-0.3, -0.25) is 4.79 Å². The molecule has 2 aromatic rings. The number of hydrogen-bond acceptors (Lipinski definition) is 4. The molecule has 1 amide bonds. The number of rotatable bonds is 7. The predicted molar refractivity (Wildman–Crippen MR) is 107 cm³/mol. The van der Waals surface area contributed by atoms with Crippen LogP contribution < -0.4 is 5.32 Å². The van der Waals surface area contributed by atoms with Crippen molar-refractivity contribution in [1.29, 1.82) is 5.26 Å². The number of ether oxygens (including phenoxy) is 1. The Hall–Kier alpha value is -3.07. The standard InChI is InChI=1S/C22H27N3O3/c1-15(2)22(5,14-23)24-20(26)13-28-21(27)19-11-16(3)25(17(19)4)12-18-9-7-6-8-10-18/h6-11,15H,12-13H2,1-5H3,(H,24,26)/t22-/m1/s1. The fourth-order valence-corrected chi connectivity index (χ4v) is 2.85. The van der Waals surface area contributed by atoms with Crippen molar-refractivity contribution in [2.45, 2.75) is 46.7 Å². The van der Waals surface area contributed by atoms with Crippen molar-refractivity contribution in [3.63, 3.8) is 0 Å². The largest absolute Gasteiger partial charge is 0.452 e. The van der Waals surface area contributed by atoms with E-state index in [0.717, 1.165) is 17.0 Å². The summed E-state index contributed by atoms with van der Waals surface area (Å²) >= 11 is 0. The molecule has 1 atom stereocenters. The average Bonchev–Trinajstić information content (AvgIpc) is 2.95. The van der Waals surface area contributed by atoms with Gasteiger partial charge in [-0.15, -0.1) is 0 Å². The highest BCUT2D eigenvalue weighted by Crippen LogP contribution is 2.18. The predicted octanol–water partition coefficient (Wildman–Crippen LogP) is 3.36. The van der Waals surface area contributed by atoms with Crippen LogP contribution in [-0.4, -0.2) is 28.6 Å². The molecule has 6 heteroatoms. The first-order valence-electron chi connectivity index (χ1n) is 9.28. The van der Waals surface area contributed by atoms with Gasteiger partial charge in [0.25, 0.3) is 5.91 Å². The van der Waals surface area contributed by atoms with Gasteiger partial charge < -0.3 is 14.6 Å². The minimum absolute atomic E-state index is 0.0749. The highest BCUT2D eigenvalue weighted by atomic mass is 16.5. The first kappa shape index (κ1) is 21.2. The zero-order valence-electron chi connectivity index (χ0n) is 17.1. The van der Waals surface area contributed by atoms with E-state index in [1.54, 1.807) is 13.0 Å². The molecule has 1 N–H and O–H groups in total. The van der Waals surface area contributed by atoms with Crippen molar-refractivity contribution in [3.8, 4) is 6.07 Å². The monoisotopic (exact) mass is 381 g/mol. The molecule has 0 bridgehead atoms. The molecule has 148 valence electrons. The van der Waals surface area contributed by atoms with Crippen LogP contribution in [0.15, 0.2) is 36.4 Å². The Balaban J connectivity index is 2.04. The van der Waals surface area contributed by atoms with Gasteiger partial charge in [-0.25, -0.2) is 4.79 Å². The number of aromatic nitrogens is 1. The number of esters is 1. The average molecular weight is 381 g/mol. The second-order valence-electron chi connectivity index (χ2n) is 7.45. The Kier molecular flexibility index (Phi) is 6.63. The van der Waals surface area contributed by atoms with Gasteiger partial charge in [0.1, 0.15) is 5.54 Å². The topological polar surface area (TPSA) is 84.1 Å². The lowest BCUT2D eigenvalue weighted by Gasteiger charge is -2.27. The summed E-state index contributed by atoms with van der Waals surface area (Å²) < 4.78 is 7.22. The summed E-state index contributed by atoms with van der Waals surface area (Å²) in [6, 6.07) is 13.8. The smallest absolute Gasteiger partial charge is 0.340 e. The van der Waals surface area contributed by atoms with Crippen LogP contribution >= 0.6 is 0 Å². The van der Waals surface area contributed by atoms with Gasteiger partial charge in [0.2, 0.25) is 0 Å². The summed E-state index contributed by atoms with van der Waals surface area (Å²) in [6.45, 7) is 9.35. The van der Waals surface area contributed by atoms with Crippen molar-refractivity contribution >= 4 is 11.9 Å². The molecule has 0 spiro atoms. The van der Waals surface area contributed by atoms with Crippen molar-refractivity contribution in [2.75, 3.05) is 6.61 Å². The number of nitriles is 1. The zero-order chi connectivity index (χ0) is 20.9. The Morgan fingerprint density at radius 1 is 1.25 bits per heavy atom. The second kappa shape index (κ2) is 8.75. The molecule has 0 aliphatic rings. The number of carbonyl (C=O) groups excluding carboxylic acids is 2. The molecule has 0 saturated heterocycles. The van der Waals surface area contributed by atoms with E-state index in [0.29, 0.717) is 12.1 Å². The maximum atomic E-state index is 12.5. The molecule has 0 saturated carbocycles. The number of aryl methyl sites for hydroxylation is 1. The van der Waals surface area contributed by atoms with E-state index in [1.165, 1.54) is 0 Å². The summed E-state index contributed by atoms with van der Waals surface area (Å²) in [5.74, 6) is -1.12. The summed E-state index contributed by atoms with van der Waals surface area (Å²) in [6.07, 6.45) is 0. The van der Waals surface area contributed by atoms with E-state index in [1.807, 2.05) is 62.6 Å². The molecule has 2 rings (SSSR count). The van der Waals surface area contributed by atoms with Crippen LogP contribution in [0.1, 0.15) is 48.1 Å². The molecular formula is C22H27N3O3. The third kappa shape index (κ3) is 4.80. The second-order valence-corrected chi connectivity index (χ2v) is 7.45. The molecule has 1 aromatic heterocycles. The lowest BCUT2D eigenvalue weighted by atomic mass is 9.90. The summed E-state index contributed by atoms with van der Waals surface area (Å²) in [4.78, 5) is 24.6. The maximum Gasteiger partial charge on any atom is 0.340 e. The van der Waals surface area contributed by atoms with Crippen LogP contribution in [0.25, 0.3) is 0 Å². The summed E-state index contributed by atoms with van der Waals surface area (Å²) in [5.41, 5.74) is 2.29. The molecule has 0 unspecified atom stereocenters. The first-order chi connectivity index (χ1) is 13.2. The van der Waals surface area contributed by atoms with Crippen LogP contribution in [0.5, 0.6) is 0 Å². The van der Waals surface area contributed by atoms with Crippen molar-refractivity contribution < 1.29 is 14.3 Å². The van der Waals surface area contributed by atoms with E-state index in [9.17, 15) is 14.9 Å². The minimum Gasteiger partial charge on any atom is -0.452 e. The highest BCUT2D eigenvalue weighted by Gasteiger charge is 2.30. The van der Waals surface area contributed by atoms with Crippen LogP contribution in [0, 0.1) is 31.1 Å². The molecular weight excluding hydrogens is 354 g/mol. The van der Waals surface area contributed by atoms with E-state index in [-0.39, 0.29) is 5.92 Å². The fraction of sp³-hybridized carbons (Fsp3) is 0.409. The Morgan fingerprint density at radius 3 is 2.46 bits per heavy atom. The number of carbonyl (C=O) groups is 2. The van der Waals surface area contributed by atoms with Crippen LogP contribution in [-0.2, 0) is 16.1 Å². The molecule has 0 aliphatic carbocycles. The molecule has 0 aliphatic heterocycles. The molecule has 1 heterocycles. The van der Waals surface area contributed by atoms with E-state index in [4.69, 9.17) is 4.74 Å². The van der Waals surface area contributed by atoms with Gasteiger partial charge in [-0.2, -0.15) is 5.26 Å². The van der Waals surface area contributed by atoms with Gasteiger partial charge in [0.15, 0.2) is 6.61 Å². The summed E-state index contributed by atoms with van der Waals surface area (Å²) in [5, 5.41) is 11.9. The van der Waals surface area contributed by atoms with E-state index < -0.39 is 24.0 Å². The molecule has 0 fully saturated rings. The SMILES string of the molecule is Cc1cc(C(=O)OCC(=O)N[C@](C)(C#N)C(C)C)c(C)n1Cc1ccccc1. The fourth-order valence-electron chi connectivity index (χ4n) is 2.85. The minimum atomic E-state index is -1.00. The normalized spacial score (nSPS) is 12.9. The lowest BCUT2D eigenvalue weighted by Crippen LogP contribution is -2.50. The van der Waals surface area contributed by atoms with Gasteiger partial charge in [-0.1, -0.05) is 44.2 Å². The number of benzene rings is 1. The van der Waals surface area contributed by atoms with Crippen molar-refractivity contribution in [1.82, 2.24) is 9.88 Å². The number of nitrogens with one attached hydrogen (secondary N) is 1. The molecule has 28 heavy (non-hydrogen) atoms. The van der Waals surface area contributed by atoms with E-state index >= 15 is 0 Å². The van der Waals surface area contributed by atoms with Crippen LogP contribution in [0.4, 0.5) is 0 Å². The Labute approximate surface area is 166 Å². The number of amides is 1. The van der Waals surface area contributed by atoms with Gasteiger partial charge >= 0.3 is 5.97 Å². The molecule has 1 aromatic carbocycles. The maximum absolute atomic E-state index is 12.5. The van der Waals surface area contributed by atoms with Crippen LogP contribution in [0.3, 0.4) is 0 Å². The van der Waals surface area contributed by atoms with Gasteiger partial charge in [0, 0.05) is 17.9 Å². The summed E-state index contributed by atoms with van der Waals surface area (Å²) in [7, 11) is 0. The molecule has 0 radical (unpaired) electrons. The number of nitrogens with zero attached hydrogens (tertiary/aromatic N) is 2. The Bertz CT molecular complexity index is 894. The van der Waals surface area contributed by atoms with Crippen molar-refractivity contribution in [2.24, 2.45) is 5.92 Å². The Morgan fingerprint density at radius 2 is 1.89 bits per heavy atom. The third-order valence-electron chi connectivity index (χ3n) is 5.10. The lowest BCUT2D eigenvalue weighted by molar-refractivity contribution is -0.125.